The van der Waals surface area contributed by atoms with Crippen LogP contribution in [0.1, 0.15) is 13.8 Å². The molecule has 0 atom stereocenters. The van der Waals surface area contributed by atoms with Gasteiger partial charge in [0, 0.05) is 32.2 Å². The number of amides is 1. The van der Waals surface area contributed by atoms with Crippen molar-refractivity contribution in [2.45, 2.75) is 19.9 Å². The average molecular weight is 245 g/mol. The Labute approximate surface area is 102 Å². The van der Waals surface area contributed by atoms with Crippen LogP contribution < -0.4 is 5.32 Å². The van der Waals surface area contributed by atoms with E-state index in [9.17, 15) is 4.79 Å². The van der Waals surface area contributed by atoms with Crippen LogP contribution in [0.3, 0.4) is 0 Å². The highest BCUT2D eigenvalue weighted by Crippen LogP contribution is 2.05. The molecule has 0 aromatic rings. The number of hydrogen-bond acceptors (Lipinski definition) is 4. The zero-order valence-electron chi connectivity index (χ0n) is 10.0. The number of hydrogen-bond donors (Lipinski definition) is 1. The molecule has 1 aliphatic heterocycles. The molecule has 1 heterocycles. The lowest BCUT2D eigenvalue weighted by Gasteiger charge is -2.37. The number of carbonyl (C=O) groups is 1. The Morgan fingerprint density at radius 1 is 1.31 bits per heavy atom. The number of alkyl carbamates (subject to hydrolysis) is 1. The molecule has 5 nitrogen and oxygen atoms in total. The Balaban J connectivity index is 2.36. The highest BCUT2D eigenvalue weighted by Gasteiger charge is 2.21. The summed E-state index contributed by atoms with van der Waals surface area (Å²) in [5, 5.41) is 2.97. The number of piperazine rings is 1. The summed E-state index contributed by atoms with van der Waals surface area (Å²) in [5.41, 5.74) is 0. The van der Waals surface area contributed by atoms with Crippen molar-refractivity contribution in [1.82, 2.24) is 15.1 Å². The second-order valence-electron chi connectivity index (χ2n) is 4.04. The van der Waals surface area contributed by atoms with Gasteiger partial charge in [0.25, 0.3) is 0 Å². The average Bonchev–Trinajstić information content (AvgIpc) is 2.28. The highest BCUT2D eigenvalue weighted by molar-refractivity contribution is 7.80. The number of ether oxygens (including phenoxy) is 1. The molecule has 0 aromatic heterocycles. The van der Waals surface area contributed by atoms with Crippen molar-refractivity contribution in [2.75, 3.05) is 33.3 Å². The molecule has 0 spiro atoms. The lowest BCUT2D eigenvalue weighted by molar-refractivity contribution is 0.145. The Morgan fingerprint density at radius 2 is 1.88 bits per heavy atom. The number of thiocarbonyl (C=S) groups is 1. The van der Waals surface area contributed by atoms with Gasteiger partial charge in [-0.15, -0.1) is 0 Å². The third-order valence-electron chi connectivity index (χ3n) is 2.73. The minimum absolute atomic E-state index is 0.454. The van der Waals surface area contributed by atoms with Crippen LogP contribution in [-0.2, 0) is 4.74 Å². The fraction of sp³-hybridized carbons (Fsp3) is 0.800. The van der Waals surface area contributed by atoms with E-state index in [1.165, 1.54) is 7.11 Å². The van der Waals surface area contributed by atoms with E-state index >= 15 is 0 Å². The first-order valence-electron chi connectivity index (χ1n) is 5.42. The van der Waals surface area contributed by atoms with Crippen molar-refractivity contribution in [3.63, 3.8) is 0 Å². The van der Waals surface area contributed by atoms with Gasteiger partial charge in [-0.1, -0.05) is 0 Å². The third-order valence-corrected chi connectivity index (χ3v) is 3.09. The summed E-state index contributed by atoms with van der Waals surface area (Å²) in [4.78, 5) is 15.4. The SMILES string of the molecule is COC(=O)NC(=S)N1CCN(C(C)C)CC1. The molecular formula is C10H19N3O2S. The Kier molecular flexibility index (Phi) is 4.95. The molecule has 1 rings (SSSR count). The zero-order chi connectivity index (χ0) is 12.1. The van der Waals surface area contributed by atoms with Crippen LogP contribution in [0.15, 0.2) is 0 Å². The number of nitrogens with zero attached hydrogens (tertiary/aromatic N) is 2. The van der Waals surface area contributed by atoms with Crippen LogP contribution in [0.4, 0.5) is 4.79 Å². The normalized spacial score (nSPS) is 17.4. The van der Waals surface area contributed by atoms with E-state index in [1.54, 1.807) is 0 Å². The van der Waals surface area contributed by atoms with Gasteiger partial charge in [0.15, 0.2) is 5.11 Å². The van der Waals surface area contributed by atoms with Crippen molar-refractivity contribution in [1.29, 1.82) is 0 Å². The largest absolute Gasteiger partial charge is 0.453 e. The van der Waals surface area contributed by atoms with Crippen LogP contribution in [0.25, 0.3) is 0 Å². The van der Waals surface area contributed by atoms with Gasteiger partial charge in [0.1, 0.15) is 0 Å². The second kappa shape index (κ2) is 6.00. The Hall–Kier alpha value is -0.880. The van der Waals surface area contributed by atoms with E-state index in [4.69, 9.17) is 12.2 Å². The summed E-state index contributed by atoms with van der Waals surface area (Å²) in [6.45, 7) is 8.00. The predicted molar refractivity (Wildman–Crippen MR) is 66.4 cm³/mol. The Morgan fingerprint density at radius 3 is 2.31 bits per heavy atom. The zero-order valence-corrected chi connectivity index (χ0v) is 10.8. The van der Waals surface area contributed by atoms with Crippen LogP contribution in [0.2, 0.25) is 0 Å². The lowest BCUT2D eigenvalue weighted by atomic mass is 10.2. The van der Waals surface area contributed by atoms with Gasteiger partial charge in [0.05, 0.1) is 7.11 Å². The maximum absolute atomic E-state index is 11.0. The molecule has 0 aliphatic carbocycles. The predicted octanol–water partition coefficient (Wildman–Crippen LogP) is 0.653. The molecule has 0 bridgehead atoms. The summed E-state index contributed by atoms with van der Waals surface area (Å²) in [6, 6.07) is 0.560. The quantitative estimate of drug-likeness (QED) is 0.687. The molecule has 0 saturated carbocycles. The molecule has 16 heavy (non-hydrogen) atoms. The van der Waals surface area contributed by atoms with Gasteiger partial charge in [-0.25, -0.2) is 4.79 Å². The Bertz CT molecular complexity index is 263. The van der Waals surface area contributed by atoms with Crippen LogP contribution in [0.5, 0.6) is 0 Å². The summed E-state index contributed by atoms with van der Waals surface area (Å²) >= 11 is 5.12. The van der Waals surface area contributed by atoms with E-state index in [0.717, 1.165) is 26.2 Å². The minimum atomic E-state index is -0.503. The molecule has 0 radical (unpaired) electrons. The van der Waals surface area contributed by atoms with Crippen molar-refractivity contribution >= 4 is 23.4 Å². The molecule has 1 aliphatic rings. The number of nitrogens with one attached hydrogen (secondary N) is 1. The molecule has 6 heteroatoms. The first-order valence-corrected chi connectivity index (χ1v) is 5.83. The number of rotatable bonds is 1. The highest BCUT2D eigenvalue weighted by atomic mass is 32.1. The van der Waals surface area contributed by atoms with Crippen molar-refractivity contribution < 1.29 is 9.53 Å². The molecule has 1 saturated heterocycles. The van der Waals surface area contributed by atoms with Gasteiger partial charge in [-0.05, 0) is 26.1 Å². The summed E-state index contributed by atoms with van der Waals surface area (Å²) < 4.78 is 4.50. The molecule has 1 N–H and O–H groups in total. The second-order valence-corrected chi connectivity index (χ2v) is 4.43. The third kappa shape index (κ3) is 3.61. The van der Waals surface area contributed by atoms with Gasteiger partial charge in [-0.3, -0.25) is 10.2 Å². The fourth-order valence-electron chi connectivity index (χ4n) is 1.66. The molecular weight excluding hydrogens is 226 g/mol. The van der Waals surface area contributed by atoms with Crippen LogP contribution in [-0.4, -0.2) is 60.3 Å². The minimum Gasteiger partial charge on any atom is -0.453 e. The van der Waals surface area contributed by atoms with Crippen molar-refractivity contribution in [3.05, 3.63) is 0 Å². The first-order chi connectivity index (χ1) is 7.54. The van der Waals surface area contributed by atoms with E-state index in [-0.39, 0.29) is 0 Å². The fourth-order valence-corrected chi connectivity index (χ4v) is 1.92. The number of carbonyl (C=O) groups excluding carboxylic acids is 1. The van der Waals surface area contributed by atoms with Crippen LogP contribution in [0, 0.1) is 0 Å². The topological polar surface area (TPSA) is 44.8 Å². The van der Waals surface area contributed by atoms with Gasteiger partial charge in [0.2, 0.25) is 0 Å². The smallest absolute Gasteiger partial charge is 0.413 e. The molecule has 92 valence electrons. The monoisotopic (exact) mass is 245 g/mol. The molecule has 0 unspecified atom stereocenters. The molecule has 1 fully saturated rings. The first kappa shape index (κ1) is 13.2. The van der Waals surface area contributed by atoms with E-state index in [2.05, 4.69) is 28.8 Å². The van der Waals surface area contributed by atoms with E-state index < -0.39 is 6.09 Å². The summed E-state index contributed by atoms with van der Waals surface area (Å²) in [5.74, 6) is 0. The summed E-state index contributed by atoms with van der Waals surface area (Å²) in [6.07, 6.45) is -0.503. The standard InChI is InChI=1S/C10H19N3O2S/c1-8(2)12-4-6-13(7-5-12)9(16)11-10(14)15-3/h8H,4-7H2,1-3H3,(H,11,14,16). The molecule has 0 aromatic carbocycles. The maximum Gasteiger partial charge on any atom is 0.413 e. The number of methoxy groups -OCH3 is 1. The van der Waals surface area contributed by atoms with Gasteiger partial charge < -0.3 is 9.64 Å². The summed E-state index contributed by atoms with van der Waals surface area (Å²) in [7, 11) is 1.33. The molecule has 1 amide bonds. The van der Waals surface area contributed by atoms with Gasteiger partial charge >= 0.3 is 6.09 Å². The van der Waals surface area contributed by atoms with E-state index in [0.29, 0.717) is 11.2 Å². The lowest BCUT2D eigenvalue weighted by Crippen LogP contribution is -2.53. The maximum atomic E-state index is 11.0. The van der Waals surface area contributed by atoms with Crippen molar-refractivity contribution in [2.24, 2.45) is 0 Å². The van der Waals surface area contributed by atoms with Gasteiger partial charge in [-0.2, -0.15) is 0 Å². The van der Waals surface area contributed by atoms with E-state index in [1.807, 2.05) is 4.90 Å². The van der Waals surface area contributed by atoms with Crippen LogP contribution >= 0.6 is 12.2 Å². The van der Waals surface area contributed by atoms with Crippen molar-refractivity contribution in [3.8, 4) is 0 Å².